The SMILES string of the molecule is COc1ccc(OC)c(C2CN(C(=O)C(C)C)CC2C(=O)NCCC(C)C)c1. The van der Waals surface area contributed by atoms with Crippen molar-refractivity contribution in [1.29, 1.82) is 0 Å². The molecule has 0 radical (unpaired) electrons. The van der Waals surface area contributed by atoms with E-state index in [9.17, 15) is 9.59 Å². The van der Waals surface area contributed by atoms with Crippen molar-refractivity contribution in [2.45, 2.75) is 40.0 Å². The Bertz CT molecular complexity index is 687. The van der Waals surface area contributed by atoms with Gasteiger partial charge < -0.3 is 19.7 Å². The number of rotatable bonds is 8. The van der Waals surface area contributed by atoms with Gasteiger partial charge in [-0.05, 0) is 30.5 Å². The molecule has 1 fully saturated rings. The summed E-state index contributed by atoms with van der Waals surface area (Å²) in [6, 6.07) is 5.61. The Kier molecular flexibility index (Phi) is 7.72. The quantitative estimate of drug-likeness (QED) is 0.741. The molecule has 0 aliphatic carbocycles. The first kappa shape index (κ1) is 22.1. The van der Waals surface area contributed by atoms with Crippen molar-refractivity contribution in [3.63, 3.8) is 0 Å². The lowest BCUT2D eigenvalue weighted by atomic mass is 9.87. The Balaban J connectivity index is 2.31. The number of amides is 2. The summed E-state index contributed by atoms with van der Waals surface area (Å²) in [5.41, 5.74) is 0.907. The van der Waals surface area contributed by atoms with E-state index in [2.05, 4.69) is 19.2 Å². The highest BCUT2D eigenvalue weighted by Gasteiger charge is 2.42. The smallest absolute Gasteiger partial charge is 0.225 e. The fourth-order valence-corrected chi connectivity index (χ4v) is 3.67. The molecular weight excluding hydrogens is 356 g/mol. The second-order valence-electron chi connectivity index (χ2n) is 8.19. The number of likely N-dealkylation sites (tertiary alicyclic amines) is 1. The highest BCUT2D eigenvalue weighted by atomic mass is 16.5. The predicted molar refractivity (Wildman–Crippen MR) is 110 cm³/mol. The van der Waals surface area contributed by atoms with Crippen molar-refractivity contribution < 1.29 is 19.1 Å². The van der Waals surface area contributed by atoms with E-state index in [1.54, 1.807) is 19.1 Å². The molecule has 6 nitrogen and oxygen atoms in total. The number of benzene rings is 1. The Morgan fingerprint density at radius 3 is 2.43 bits per heavy atom. The summed E-state index contributed by atoms with van der Waals surface area (Å²) in [4.78, 5) is 27.4. The summed E-state index contributed by atoms with van der Waals surface area (Å²) in [6.07, 6.45) is 0.931. The van der Waals surface area contributed by atoms with Gasteiger partial charge in [-0.2, -0.15) is 0 Å². The van der Waals surface area contributed by atoms with E-state index in [1.165, 1.54) is 0 Å². The molecule has 1 aliphatic rings. The van der Waals surface area contributed by atoms with Gasteiger partial charge in [-0.1, -0.05) is 27.7 Å². The molecule has 1 N–H and O–H groups in total. The van der Waals surface area contributed by atoms with E-state index in [0.717, 1.165) is 12.0 Å². The number of methoxy groups -OCH3 is 2. The normalized spacial score (nSPS) is 19.2. The summed E-state index contributed by atoms with van der Waals surface area (Å²) in [7, 11) is 3.24. The van der Waals surface area contributed by atoms with E-state index >= 15 is 0 Å². The summed E-state index contributed by atoms with van der Waals surface area (Å²) in [5, 5.41) is 3.06. The molecule has 1 aliphatic heterocycles. The second kappa shape index (κ2) is 9.80. The number of carbonyl (C=O) groups is 2. The van der Waals surface area contributed by atoms with E-state index in [0.29, 0.717) is 37.1 Å². The van der Waals surface area contributed by atoms with Crippen LogP contribution in [0, 0.1) is 17.8 Å². The third-order valence-electron chi connectivity index (χ3n) is 5.32. The van der Waals surface area contributed by atoms with Crippen LogP contribution < -0.4 is 14.8 Å². The standard InChI is InChI=1S/C22H34N2O4/c1-14(2)9-10-23-21(25)19-13-24(22(26)15(3)4)12-18(19)17-11-16(27-5)7-8-20(17)28-6/h7-8,11,14-15,18-19H,9-10,12-13H2,1-6H3,(H,23,25). The van der Waals surface area contributed by atoms with Gasteiger partial charge in [0.1, 0.15) is 11.5 Å². The van der Waals surface area contributed by atoms with E-state index in [-0.39, 0.29) is 29.6 Å². The van der Waals surface area contributed by atoms with Gasteiger partial charge in [-0.25, -0.2) is 0 Å². The molecule has 1 saturated heterocycles. The molecule has 0 bridgehead atoms. The number of hydrogen-bond donors (Lipinski definition) is 1. The van der Waals surface area contributed by atoms with Crippen LogP contribution in [0.3, 0.4) is 0 Å². The largest absolute Gasteiger partial charge is 0.497 e. The third kappa shape index (κ3) is 5.18. The zero-order valence-corrected chi connectivity index (χ0v) is 18.0. The summed E-state index contributed by atoms with van der Waals surface area (Å²) < 4.78 is 10.9. The minimum Gasteiger partial charge on any atom is -0.497 e. The van der Waals surface area contributed by atoms with Gasteiger partial charge in [0.15, 0.2) is 0 Å². The van der Waals surface area contributed by atoms with Crippen LogP contribution in [0.25, 0.3) is 0 Å². The molecule has 28 heavy (non-hydrogen) atoms. The Hall–Kier alpha value is -2.24. The van der Waals surface area contributed by atoms with Gasteiger partial charge in [-0.15, -0.1) is 0 Å². The summed E-state index contributed by atoms with van der Waals surface area (Å²) >= 11 is 0. The van der Waals surface area contributed by atoms with Crippen LogP contribution in [0.1, 0.15) is 45.6 Å². The van der Waals surface area contributed by atoms with Crippen LogP contribution in [0.2, 0.25) is 0 Å². The second-order valence-corrected chi connectivity index (χ2v) is 8.19. The first-order valence-corrected chi connectivity index (χ1v) is 10.1. The molecule has 2 atom stereocenters. The van der Waals surface area contributed by atoms with Crippen LogP contribution in [0.15, 0.2) is 18.2 Å². The third-order valence-corrected chi connectivity index (χ3v) is 5.32. The van der Waals surface area contributed by atoms with E-state index < -0.39 is 0 Å². The maximum atomic E-state index is 13.0. The van der Waals surface area contributed by atoms with Crippen LogP contribution in [-0.2, 0) is 9.59 Å². The Morgan fingerprint density at radius 2 is 1.86 bits per heavy atom. The molecule has 2 unspecified atom stereocenters. The summed E-state index contributed by atoms with van der Waals surface area (Å²) in [5.74, 6) is 1.47. The van der Waals surface area contributed by atoms with Crippen molar-refractivity contribution in [2.75, 3.05) is 33.9 Å². The van der Waals surface area contributed by atoms with Gasteiger partial charge in [0.25, 0.3) is 0 Å². The maximum absolute atomic E-state index is 13.0. The molecule has 2 amide bonds. The molecule has 0 spiro atoms. The van der Waals surface area contributed by atoms with Gasteiger partial charge in [-0.3, -0.25) is 9.59 Å². The zero-order chi connectivity index (χ0) is 20.8. The molecule has 1 aromatic carbocycles. The predicted octanol–water partition coefficient (Wildman–Crippen LogP) is 3.06. The van der Waals surface area contributed by atoms with E-state index in [1.807, 2.05) is 32.0 Å². The minimum absolute atomic E-state index is 0.00502. The summed E-state index contributed by atoms with van der Waals surface area (Å²) in [6.45, 7) is 9.62. The van der Waals surface area contributed by atoms with Crippen molar-refractivity contribution in [3.05, 3.63) is 23.8 Å². The van der Waals surface area contributed by atoms with Crippen molar-refractivity contribution in [1.82, 2.24) is 10.2 Å². The number of hydrogen-bond acceptors (Lipinski definition) is 4. The molecule has 0 aromatic heterocycles. The zero-order valence-electron chi connectivity index (χ0n) is 18.0. The Labute approximate surface area is 168 Å². The lowest BCUT2D eigenvalue weighted by Crippen LogP contribution is -2.37. The van der Waals surface area contributed by atoms with E-state index in [4.69, 9.17) is 9.47 Å². The van der Waals surface area contributed by atoms with Crippen LogP contribution >= 0.6 is 0 Å². The average Bonchev–Trinajstić information content (AvgIpc) is 3.11. The lowest BCUT2D eigenvalue weighted by molar-refractivity contribution is -0.133. The lowest BCUT2D eigenvalue weighted by Gasteiger charge is -2.21. The highest BCUT2D eigenvalue weighted by Crippen LogP contribution is 2.39. The molecule has 1 heterocycles. The van der Waals surface area contributed by atoms with Crippen LogP contribution in [0.4, 0.5) is 0 Å². The molecule has 6 heteroatoms. The number of nitrogens with zero attached hydrogens (tertiary/aromatic N) is 1. The molecular formula is C22H34N2O4. The van der Waals surface area contributed by atoms with Crippen LogP contribution in [0.5, 0.6) is 11.5 Å². The molecule has 2 rings (SSSR count). The van der Waals surface area contributed by atoms with Gasteiger partial charge >= 0.3 is 0 Å². The van der Waals surface area contributed by atoms with Crippen LogP contribution in [-0.4, -0.2) is 50.6 Å². The first-order valence-electron chi connectivity index (χ1n) is 10.1. The first-order chi connectivity index (χ1) is 13.3. The number of nitrogens with one attached hydrogen (secondary N) is 1. The van der Waals surface area contributed by atoms with Crippen molar-refractivity contribution in [3.8, 4) is 11.5 Å². The topological polar surface area (TPSA) is 67.9 Å². The maximum Gasteiger partial charge on any atom is 0.225 e. The van der Waals surface area contributed by atoms with Crippen molar-refractivity contribution in [2.24, 2.45) is 17.8 Å². The number of carbonyl (C=O) groups excluding carboxylic acids is 2. The highest BCUT2D eigenvalue weighted by molar-refractivity contribution is 5.84. The average molecular weight is 391 g/mol. The monoisotopic (exact) mass is 390 g/mol. The fraction of sp³-hybridized carbons (Fsp3) is 0.636. The van der Waals surface area contributed by atoms with Crippen molar-refractivity contribution >= 4 is 11.8 Å². The van der Waals surface area contributed by atoms with Gasteiger partial charge in [0, 0.05) is 37.0 Å². The van der Waals surface area contributed by atoms with Gasteiger partial charge in [0.2, 0.25) is 11.8 Å². The van der Waals surface area contributed by atoms with Gasteiger partial charge in [0.05, 0.1) is 20.1 Å². The fourth-order valence-electron chi connectivity index (χ4n) is 3.67. The number of ether oxygens (including phenoxy) is 2. The Morgan fingerprint density at radius 1 is 1.14 bits per heavy atom. The molecule has 156 valence electrons. The molecule has 1 aromatic rings. The molecule has 0 saturated carbocycles. The minimum atomic E-state index is -0.309.